The van der Waals surface area contributed by atoms with Crippen LogP contribution in [0.3, 0.4) is 0 Å². The summed E-state index contributed by atoms with van der Waals surface area (Å²) in [6, 6.07) is 0.592. The third-order valence-electron chi connectivity index (χ3n) is 2.56. The summed E-state index contributed by atoms with van der Waals surface area (Å²) < 4.78 is 0. The normalized spacial score (nSPS) is 32.8. The molecule has 1 rings (SSSR count). The van der Waals surface area contributed by atoms with E-state index in [2.05, 4.69) is 18.8 Å². The minimum Gasteiger partial charge on any atom is -0.392 e. The van der Waals surface area contributed by atoms with Crippen molar-refractivity contribution in [3.05, 3.63) is 12.7 Å². The molecule has 0 aromatic rings. The monoisotopic (exact) mass is 169 g/mol. The van der Waals surface area contributed by atoms with Gasteiger partial charge in [-0.1, -0.05) is 18.9 Å². The summed E-state index contributed by atoms with van der Waals surface area (Å²) in [5.41, 5.74) is 0. The van der Waals surface area contributed by atoms with E-state index in [-0.39, 0.29) is 12.1 Å². The van der Waals surface area contributed by atoms with Gasteiger partial charge in [0, 0.05) is 12.1 Å². The molecule has 0 bridgehead atoms. The maximum absolute atomic E-state index is 9.62. The molecule has 0 aromatic heterocycles. The van der Waals surface area contributed by atoms with Crippen LogP contribution in [0.25, 0.3) is 0 Å². The Morgan fingerprint density at radius 1 is 1.50 bits per heavy atom. The largest absolute Gasteiger partial charge is 0.392 e. The van der Waals surface area contributed by atoms with Crippen LogP contribution in [0.1, 0.15) is 32.6 Å². The van der Waals surface area contributed by atoms with Crippen molar-refractivity contribution in [2.75, 3.05) is 0 Å². The Bertz CT molecular complexity index is 147. The van der Waals surface area contributed by atoms with Crippen LogP contribution >= 0.6 is 0 Å². The van der Waals surface area contributed by atoms with Gasteiger partial charge in [0.15, 0.2) is 0 Å². The first kappa shape index (κ1) is 9.75. The summed E-state index contributed by atoms with van der Waals surface area (Å²) in [6.07, 6.45) is 6.17. The van der Waals surface area contributed by atoms with Gasteiger partial charge in [0.1, 0.15) is 0 Å². The first-order valence-corrected chi connectivity index (χ1v) is 4.80. The van der Waals surface area contributed by atoms with Crippen molar-refractivity contribution in [2.45, 2.75) is 50.8 Å². The second kappa shape index (κ2) is 4.63. The Balaban J connectivity index is 2.33. The Hall–Kier alpha value is -0.340. The number of hydrogen-bond acceptors (Lipinski definition) is 2. The first-order valence-electron chi connectivity index (χ1n) is 4.80. The molecule has 3 unspecified atom stereocenters. The minimum atomic E-state index is -0.152. The quantitative estimate of drug-likeness (QED) is 0.627. The molecule has 0 radical (unpaired) electrons. The molecule has 0 saturated heterocycles. The number of rotatable bonds is 3. The van der Waals surface area contributed by atoms with Crippen molar-refractivity contribution in [1.29, 1.82) is 0 Å². The third-order valence-corrected chi connectivity index (χ3v) is 2.56. The van der Waals surface area contributed by atoms with Gasteiger partial charge in [-0.2, -0.15) is 0 Å². The highest BCUT2D eigenvalue weighted by atomic mass is 16.3. The molecule has 1 saturated carbocycles. The Morgan fingerprint density at radius 2 is 2.17 bits per heavy atom. The second-order valence-electron chi connectivity index (χ2n) is 3.65. The lowest BCUT2D eigenvalue weighted by Gasteiger charge is -2.30. The van der Waals surface area contributed by atoms with Gasteiger partial charge < -0.3 is 10.4 Å². The molecule has 2 heteroatoms. The fourth-order valence-electron chi connectivity index (χ4n) is 1.71. The maximum Gasteiger partial charge on any atom is 0.0693 e. The summed E-state index contributed by atoms with van der Waals surface area (Å²) in [6.45, 7) is 5.77. The van der Waals surface area contributed by atoms with Crippen molar-refractivity contribution in [1.82, 2.24) is 5.32 Å². The molecular formula is C10H19NO. The van der Waals surface area contributed by atoms with Gasteiger partial charge in [-0.25, -0.2) is 0 Å². The van der Waals surface area contributed by atoms with Gasteiger partial charge in [-0.3, -0.25) is 0 Å². The van der Waals surface area contributed by atoms with Crippen molar-refractivity contribution in [3.8, 4) is 0 Å². The van der Waals surface area contributed by atoms with Crippen molar-refractivity contribution in [3.63, 3.8) is 0 Å². The molecule has 0 amide bonds. The van der Waals surface area contributed by atoms with E-state index >= 15 is 0 Å². The summed E-state index contributed by atoms with van der Waals surface area (Å²) >= 11 is 0. The van der Waals surface area contributed by atoms with Gasteiger partial charge in [0.25, 0.3) is 0 Å². The first-order chi connectivity index (χ1) is 5.74. The predicted octanol–water partition coefficient (Wildman–Crippen LogP) is 1.45. The van der Waals surface area contributed by atoms with E-state index in [9.17, 15) is 5.11 Å². The van der Waals surface area contributed by atoms with Crippen molar-refractivity contribution >= 4 is 0 Å². The average molecular weight is 169 g/mol. The van der Waals surface area contributed by atoms with Crippen LogP contribution in [0.15, 0.2) is 12.7 Å². The van der Waals surface area contributed by atoms with Crippen LogP contribution < -0.4 is 5.32 Å². The highest BCUT2D eigenvalue weighted by Crippen LogP contribution is 2.18. The molecule has 1 fully saturated rings. The van der Waals surface area contributed by atoms with Gasteiger partial charge >= 0.3 is 0 Å². The molecular weight excluding hydrogens is 150 g/mol. The van der Waals surface area contributed by atoms with Gasteiger partial charge in [0.2, 0.25) is 0 Å². The van der Waals surface area contributed by atoms with E-state index in [0.717, 1.165) is 12.8 Å². The lowest BCUT2D eigenvalue weighted by atomic mass is 9.92. The van der Waals surface area contributed by atoms with E-state index in [1.165, 1.54) is 12.8 Å². The van der Waals surface area contributed by atoms with Crippen LogP contribution in [0.5, 0.6) is 0 Å². The smallest absolute Gasteiger partial charge is 0.0693 e. The fraction of sp³-hybridized carbons (Fsp3) is 0.800. The number of hydrogen-bond donors (Lipinski definition) is 2. The van der Waals surface area contributed by atoms with E-state index in [1.807, 2.05) is 6.08 Å². The van der Waals surface area contributed by atoms with Gasteiger partial charge in [-0.05, 0) is 19.8 Å². The highest BCUT2D eigenvalue weighted by molar-refractivity contribution is 4.88. The Labute approximate surface area is 74.7 Å². The molecule has 0 aromatic carbocycles. The minimum absolute atomic E-state index is 0.152. The molecule has 70 valence electrons. The maximum atomic E-state index is 9.62. The SMILES string of the molecule is C=CC(C)NC1CCCCC1O. The van der Waals surface area contributed by atoms with Crippen LogP contribution in [-0.4, -0.2) is 23.3 Å². The highest BCUT2D eigenvalue weighted by Gasteiger charge is 2.22. The zero-order valence-corrected chi connectivity index (χ0v) is 7.79. The topological polar surface area (TPSA) is 32.3 Å². The Morgan fingerprint density at radius 3 is 2.75 bits per heavy atom. The number of nitrogens with one attached hydrogen (secondary N) is 1. The molecule has 0 spiro atoms. The third kappa shape index (κ3) is 2.61. The van der Waals surface area contributed by atoms with E-state index in [1.54, 1.807) is 0 Å². The molecule has 0 aliphatic heterocycles. The molecule has 3 atom stereocenters. The lowest BCUT2D eigenvalue weighted by Crippen LogP contribution is -2.45. The predicted molar refractivity (Wildman–Crippen MR) is 51.1 cm³/mol. The second-order valence-corrected chi connectivity index (χ2v) is 3.65. The molecule has 1 aliphatic carbocycles. The number of aliphatic hydroxyl groups is 1. The van der Waals surface area contributed by atoms with E-state index in [4.69, 9.17) is 0 Å². The van der Waals surface area contributed by atoms with Crippen molar-refractivity contribution in [2.24, 2.45) is 0 Å². The summed E-state index contributed by atoms with van der Waals surface area (Å²) in [7, 11) is 0. The summed E-state index contributed by atoms with van der Waals surface area (Å²) in [5, 5.41) is 13.0. The van der Waals surface area contributed by atoms with Crippen LogP contribution in [0.2, 0.25) is 0 Å². The molecule has 0 heterocycles. The van der Waals surface area contributed by atoms with E-state index in [0.29, 0.717) is 6.04 Å². The van der Waals surface area contributed by atoms with E-state index < -0.39 is 0 Å². The van der Waals surface area contributed by atoms with Crippen LogP contribution in [0.4, 0.5) is 0 Å². The van der Waals surface area contributed by atoms with Crippen LogP contribution in [0, 0.1) is 0 Å². The van der Waals surface area contributed by atoms with Gasteiger partial charge in [0.05, 0.1) is 6.10 Å². The summed E-state index contributed by atoms with van der Waals surface area (Å²) in [5.74, 6) is 0. The van der Waals surface area contributed by atoms with Gasteiger partial charge in [-0.15, -0.1) is 6.58 Å². The zero-order chi connectivity index (χ0) is 8.97. The lowest BCUT2D eigenvalue weighted by molar-refractivity contribution is 0.0886. The standard InChI is InChI=1S/C10H19NO/c1-3-8(2)11-9-6-4-5-7-10(9)12/h3,8-12H,1,4-7H2,2H3. The number of aliphatic hydroxyl groups excluding tert-OH is 1. The molecule has 12 heavy (non-hydrogen) atoms. The fourth-order valence-corrected chi connectivity index (χ4v) is 1.71. The molecule has 2 nitrogen and oxygen atoms in total. The molecule has 2 N–H and O–H groups in total. The van der Waals surface area contributed by atoms with Crippen LogP contribution in [-0.2, 0) is 0 Å². The Kier molecular flexibility index (Phi) is 3.76. The average Bonchev–Trinajstić information content (AvgIpc) is 2.09. The van der Waals surface area contributed by atoms with Crippen molar-refractivity contribution < 1.29 is 5.11 Å². The molecule has 1 aliphatic rings. The zero-order valence-electron chi connectivity index (χ0n) is 7.79. The summed E-state index contributed by atoms with van der Waals surface area (Å²) in [4.78, 5) is 0.